The van der Waals surface area contributed by atoms with E-state index in [1.165, 1.54) is 0 Å². The maximum absolute atomic E-state index is 13.1. The van der Waals surface area contributed by atoms with Gasteiger partial charge in [-0.25, -0.2) is 4.98 Å². The van der Waals surface area contributed by atoms with E-state index in [1.807, 2.05) is 0 Å². The summed E-state index contributed by atoms with van der Waals surface area (Å²) >= 11 is 3.95. The van der Waals surface area contributed by atoms with Crippen molar-refractivity contribution < 1.29 is 14.4 Å². The summed E-state index contributed by atoms with van der Waals surface area (Å²) in [7, 11) is 0. The second-order valence-electron chi connectivity index (χ2n) is 6.84. The molecule has 1 atom stereocenters. The fraction of sp³-hybridized carbons (Fsp3) is 0.200. The number of rotatable bonds is 1. The van der Waals surface area contributed by atoms with Gasteiger partial charge in [0.25, 0.3) is 5.24 Å². The van der Waals surface area contributed by atoms with Gasteiger partial charge >= 0.3 is 0 Å². The van der Waals surface area contributed by atoms with Crippen molar-refractivity contribution in [2.45, 2.75) is 18.9 Å². The van der Waals surface area contributed by atoms with E-state index in [4.69, 9.17) is 0 Å². The molecule has 2 aromatic carbocycles. The van der Waals surface area contributed by atoms with Crippen LogP contribution in [0.2, 0.25) is 0 Å². The van der Waals surface area contributed by atoms with Gasteiger partial charge in [-0.2, -0.15) is 0 Å². The lowest BCUT2D eigenvalue weighted by Crippen LogP contribution is -2.26. The van der Waals surface area contributed by atoms with Crippen LogP contribution in [0.5, 0.6) is 0 Å². The molecular weight excluding hydrogens is 362 g/mol. The molecule has 0 unspecified atom stereocenters. The number of ketones is 2. The van der Waals surface area contributed by atoms with Crippen LogP contribution in [0.25, 0.3) is 11.0 Å². The van der Waals surface area contributed by atoms with E-state index in [0.717, 1.165) is 12.8 Å². The average Bonchev–Trinajstić information content (AvgIpc) is 3.31. The molecule has 1 amide bonds. The van der Waals surface area contributed by atoms with Gasteiger partial charge in [0.2, 0.25) is 0 Å². The maximum Gasteiger partial charge on any atom is 0.279 e. The largest absolute Gasteiger partial charge is 0.340 e. The Kier molecular flexibility index (Phi) is 3.48. The first-order valence-electron chi connectivity index (χ1n) is 8.77. The molecule has 0 radical (unpaired) electrons. The SMILES string of the molecule is O=C1c2ccccc2C(=O)c2c1ccc1[nH]c([C@@H]3CCCN3C(=O)S)nc21. The predicted octanol–water partition coefficient (Wildman–Crippen LogP) is 3.53. The third-order valence-electron chi connectivity index (χ3n) is 5.38. The summed E-state index contributed by atoms with van der Waals surface area (Å²) in [4.78, 5) is 47.2. The van der Waals surface area contributed by atoms with E-state index in [9.17, 15) is 14.4 Å². The van der Waals surface area contributed by atoms with Crippen molar-refractivity contribution in [1.29, 1.82) is 0 Å². The number of nitrogens with zero attached hydrogens (tertiary/aromatic N) is 2. The zero-order valence-corrected chi connectivity index (χ0v) is 15.1. The summed E-state index contributed by atoms with van der Waals surface area (Å²) < 4.78 is 0. The van der Waals surface area contributed by atoms with Gasteiger partial charge in [-0.15, -0.1) is 0 Å². The number of aromatic nitrogens is 2. The molecule has 0 bridgehead atoms. The fourth-order valence-electron chi connectivity index (χ4n) is 4.11. The molecule has 27 heavy (non-hydrogen) atoms. The van der Waals surface area contributed by atoms with E-state index in [-0.39, 0.29) is 22.8 Å². The quantitative estimate of drug-likeness (QED) is 0.497. The minimum atomic E-state index is -0.292. The first-order valence-corrected chi connectivity index (χ1v) is 9.21. The van der Waals surface area contributed by atoms with Gasteiger partial charge in [0, 0.05) is 23.2 Å². The van der Waals surface area contributed by atoms with Gasteiger partial charge in [-0.1, -0.05) is 36.9 Å². The maximum atomic E-state index is 13.1. The second-order valence-corrected chi connectivity index (χ2v) is 7.23. The predicted molar refractivity (Wildman–Crippen MR) is 102 cm³/mol. The lowest BCUT2D eigenvalue weighted by molar-refractivity contribution is 0.0980. The Morgan fingerprint density at radius 1 is 1.07 bits per heavy atom. The number of likely N-dealkylation sites (tertiary alicyclic amines) is 1. The first-order chi connectivity index (χ1) is 13.1. The molecule has 0 spiro atoms. The van der Waals surface area contributed by atoms with Crippen LogP contribution in [0.3, 0.4) is 0 Å². The molecule has 2 heterocycles. The van der Waals surface area contributed by atoms with Crippen molar-refractivity contribution in [2.24, 2.45) is 0 Å². The number of H-pyrrole nitrogens is 1. The van der Waals surface area contributed by atoms with Gasteiger partial charge in [0.15, 0.2) is 11.6 Å². The van der Waals surface area contributed by atoms with E-state index in [1.54, 1.807) is 41.3 Å². The van der Waals surface area contributed by atoms with Crippen molar-refractivity contribution in [3.8, 4) is 0 Å². The molecule has 7 heteroatoms. The van der Waals surface area contributed by atoms with Gasteiger partial charge in [-0.3, -0.25) is 14.4 Å². The van der Waals surface area contributed by atoms with Crippen molar-refractivity contribution in [3.05, 3.63) is 64.5 Å². The highest BCUT2D eigenvalue weighted by atomic mass is 32.1. The zero-order chi connectivity index (χ0) is 18.7. The second kappa shape index (κ2) is 5.79. The molecule has 0 saturated carbocycles. The van der Waals surface area contributed by atoms with E-state index in [0.29, 0.717) is 45.7 Å². The third kappa shape index (κ3) is 2.28. The molecule has 1 aromatic heterocycles. The summed E-state index contributed by atoms with van der Waals surface area (Å²) in [5.74, 6) is 0.259. The fourth-order valence-corrected chi connectivity index (χ4v) is 4.35. The number of nitrogens with one attached hydrogen (secondary N) is 1. The molecule has 1 N–H and O–H groups in total. The lowest BCUT2D eigenvalue weighted by Gasteiger charge is -2.20. The Hall–Kier alpha value is -2.93. The number of imidazole rings is 1. The average molecular weight is 377 g/mol. The Morgan fingerprint density at radius 3 is 2.56 bits per heavy atom. The van der Waals surface area contributed by atoms with Gasteiger partial charge < -0.3 is 9.88 Å². The van der Waals surface area contributed by atoms with Crippen LogP contribution in [-0.4, -0.2) is 38.2 Å². The molecule has 134 valence electrons. The minimum Gasteiger partial charge on any atom is -0.340 e. The summed E-state index contributed by atoms with van der Waals surface area (Å²) in [6, 6.07) is 10.1. The Labute approximate surface area is 160 Å². The Balaban J connectivity index is 1.69. The summed E-state index contributed by atoms with van der Waals surface area (Å²) in [5.41, 5.74) is 2.70. The molecule has 2 aliphatic rings. The number of benzene rings is 2. The number of carbonyl (C=O) groups excluding carboxylic acids is 3. The lowest BCUT2D eigenvalue weighted by atomic mass is 9.83. The van der Waals surface area contributed by atoms with E-state index < -0.39 is 0 Å². The van der Waals surface area contributed by atoms with Gasteiger partial charge in [0.05, 0.1) is 17.1 Å². The number of aromatic amines is 1. The topological polar surface area (TPSA) is 83.1 Å². The van der Waals surface area contributed by atoms with Gasteiger partial charge in [-0.05, 0) is 25.0 Å². The number of hydrogen-bond acceptors (Lipinski definition) is 4. The molecule has 1 fully saturated rings. The normalized spacial score (nSPS) is 18.7. The number of hydrogen-bond donors (Lipinski definition) is 2. The number of thiol groups is 1. The van der Waals surface area contributed by atoms with Crippen LogP contribution in [0.15, 0.2) is 36.4 Å². The van der Waals surface area contributed by atoms with Crippen molar-refractivity contribution in [1.82, 2.24) is 14.9 Å². The summed E-state index contributed by atoms with van der Waals surface area (Å²) in [6.45, 7) is 0.632. The van der Waals surface area contributed by atoms with Crippen LogP contribution in [0, 0.1) is 0 Å². The van der Waals surface area contributed by atoms with Crippen LogP contribution in [0.4, 0.5) is 4.79 Å². The Bertz CT molecular complexity index is 1150. The minimum absolute atomic E-state index is 0.167. The highest BCUT2D eigenvalue weighted by Crippen LogP contribution is 2.35. The van der Waals surface area contributed by atoms with E-state index >= 15 is 0 Å². The van der Waals surface area contributed by atoms with Crippen LogP contribution < -0.4 is 0 Å². The Morgan fingerprint density at radius 2 is 1.81 bits per heavy atom. The molecule has 6 nitrogen and oxygen atoms in total. The summed E-state index contributed by atoms with van der Waals surface area (Å²) in [6.07, 6.45) is 1.65. The molecular formula is C20H15N3O3S. The molecule has 3 aromatic rings. The standard InChI is InChI=1S/C20H15N3O3S/c24-17-10-4-1-2-5-11(10)18(25)15-12(17)7-8-13-16(15)22-19(21-13)14-6-3-9-23(14)20(26)27/h1-2,4-5,7-8,14H,3,6,9H2,(H,21,22)(H,26,27)/t14-/m0/s1. The van der Waals surface area contributed by atoms with Crippen molar-refractivity contribution in [3.63, 3.8) is 0 Å². The van der Waals surface area contributed by atoms with Crippen molar-refractivity contribution >= 4 is 40.5 Å². The number of fused-ring (bicyclic) bond motifs is 4. The van der Waals surface area contributed by atoms with Crippen LogP contribution in [-0.2, 0) is 0 Å². The first kappa shape index (κ1) is 16.3. The summed E-state index contributed by atoms with van der Waals surface area (Å²) in [5, 5.41) is -0.292. The van der Waals surface area contributed by atoms with Crippen molar-refractivity contribution in [2.75, 3.05) is 6.54 Å². The highest BCUT2D eigenvalue weighted by molar-refractivity contribution is 7.96. The number of carbonyl (C=O) groups is 3. The van der Waals surface area contributed by atoms with Crippen LogP contribution in [0.1, 0.15) is 56.6 Å². The van der Waals surface area contributed by atoms with E-state index in [2.05, 4.69) is 22.6 Å². The highest BCUT2D eigenvalue weighted by Gasteiger charge is 2.34. The molecule has 5 rings (SSSR count). The molecule has 1 aliphatic carbocycles. The molecule has 1 aliphatic heterocycles. The monoisotopic (exact) mass is 377 g/mol. The van der Waals surface area contributed by atoms with Crippen LogP contribution >= 0.6 is 12.6 Å². The number of amides is 1. The molecule has 1 saturated heterocycles. The smallest absolute Gasteiger partial charge is 0.279 e. The third-order valence-corrected chi connectivity index (χ3v) is 5.63. The zero-order valence-electron chi connectivity index (χ0n) is 14.2. The van der Waals surface area contributed by atoms with Gasteiger partial charge in [0.1, 0.15) is 11.3 Å².